The van der Waals surface area contributed by atoms with Gasteiger partial charge in [0, 0.05) is 33.7 Å². The molecule has 3 rings (SSSR count). The van der Waals surface area contributed by atoms with Gasteiger partial charge in [-0.2, -0.15) is 0 Å². The first-order valence-corrected chi connectivity index (χ1v) is 12.9. The summed E-state index contributed by atoms with van der Waals surface area (Å²) in [5.74, 6) is -0.160. The van der Waals surface area contributed by atoms with Crippen molar-refractivity contribution < 1.29 is 14.7 Å². The van der Waals surface area contributed by atoms with Gasteiger partial charge in [0.05, 0.1) is 9.38 Å². The number of hydrogen-bond acceptors (Lipinski definition) is 5. The molecule has 5 nitrogen and oxygen atoms in total. The van der Waals surface area contributed by atoms with E-state index in [4.69, 9.17) is 23.8 Å². The minimum Gasteiger partial charge on any atom is -0.506 e. The predicted molar refractivity (Wildman–Crippen MR) is 142 cm³/mol. The van der Waals surface area contributed by atoms with E-state index in [9.17, 15) is 14.7 Å². The summed E-state index contributed by atoms with van der Waals surface area (Å²) in [6.07, 6.45) is 4.29. The topological polar surface area (TPSA) is 69.6 Å². The Hall–Kier alpha value is -1.39. The highest BCUT2D eigenvalue weighted by Crippen LogP contribution is 2.37. The molecular formula is C22H19Br2ClN2O3S2. The van der Waals surface area contributed by atoms with Crippen molar-refractivity contribution in [2.24, 2.45) is 0 Å². The van der Waals surface area contributed by atoms with Gasteiger partial charge in [0.15, 0.2) is 0 Å². The molecule has 32 heavy (non-hydrogen) atoms. The van der Waals surface area contributed by atoms with Crippen LogP contribution in [0.1, 0.15) is 31.2 Å². The lowest BCUT2D eigenvalue weighted by Crippen LogP contribution is -2.29. The summed E-state index contributed by atoms with van der Waals surface area (Å²) in [5.41, 5.74) is 1.24. The van der Waals surface area contributed by atoms with Crippen molar-refractivity contribution in [3.05, 3.63) is 60.8 Å². The number of phenols is 1. The average molecular weight is 619 g/mol. The van der Waals surface area contributed by atoms with E-state index in [1.807, 2.05) is 0 Å². The third-order valence-corrected chi connectivity index (χ3v) is 7.32. The molecule has 1 heterocycles. The van der Waals surface area contributed by atoms with Crippen molar-refractivity contribution in [3.63, 3.8) is 0 Å². The van der Waals surface area contributed by atoms with E-state index < -0.39 is 0 Å². The van der Waals surface area contributed by atoms with Crippen LogP contribution in [0.4, 0.5) is 5.69 Å². The monoisotopic (exact) mass is 616 g/mol. The van der Waals surface area contributed by atoms with E-state index >= 15 is 0 Å². The van der Waals surface area contributed by atoms with Gasteiger partial charge in [0.2, 0.25) is 5.91 Å². The maximum atomic E-state index is 12.8. The van der Waals surface area contributed by atoms with Crippen LogP contribution in [-0.4, -0.2) is 32.7 Å². The number of halogens is 3. The van der Waals surface area contributed by atoms with Gasteiger partial charge in [0.25, 0.3) is 5.91 Å². The number of unbranched alkanes of at least 4 members (excludes halogenated alkanes) is 2. The number of rotatable bonds is 8. The zero-order valence-electron chi connectivity index (χ0n) is 16.7. The van der Waals surface area contributed by atoms with Crippen LogP contribution in [0.25, 0.3) is 6.08 Å². The second-order valence-corrected chi connectivity index (χ2v) is 10.9. The molecule has 1 fully saturated rings. The molecular weight excluding hydrogens is 600 g/mol. The van der Waals surface area contributed by atoms with Crippen molar-refractivity contribution in [3.8, 4) is 5.75 Å². The fourth-order valence-corrected chi connectivity index (χ4v) is 5.70. The summed E-state index contributed by atoms with van der Waals surface area (Å²) in [6.45, 7) is 0.495. The minimum atomic E-state index is -0.170. The van der Waals surface area contributed by atoms with Crippen molar-refractivity contribution in [2.75, 3.05) is 11.9 Å². The Morgan fingerprint density at radius 2 is 1.91 bits per heavy atom. The molecule has 1 saturated heterocycles. The smallest absolute Gasteiger partial charge is 0.266 e. The van der Waals surface area contributed by atoms with Crippen molar-refractivity contribution in [1.82, 2.24) is 4.90 Å². The largest absolute Gasteiger partial charge is 0.506 e. The Kier molecular flexibility index (Phi) is 9.19. The first-order valence-electron chi connectivity index (χ1n) is 9.73. The Labute approximate surface area is 217 Å². The van der Waals surface area contributed by atoms with Gasteiger partial charge in [-0.3, -0.25) is 14.5 Å². The Morgan fingerprint density at radius 3 is 2.62 bits per heavy atom. The van der Waals surface area contributed by atoms with Crippen molar-refractivity contribution in [1.29, 1.82) is 0 Å². The van der Waals surface area contributed by atoms with E-state index in [1.165, 1.54) is 11.8 Å². The number of thioether (sulfide) groups is 1. The predicted octanol–water partition coefficient (Wildman–Crippen LogP) is 6.97. The number of aromatic hydroxyl groups is 1. The second-order valence-electron chi connectivity index (χ2n) is 7.02. The average Bonchev–Trinajstić information content (AvgIpc) is 3.00. The molecule has 0 aliphatic carbocycles. The van der Waals surface area contributed by atoms with E-state index in [2.05, 4.69) is 37.2 Å². The lowest BCUT2D eigenvalue weighted by Gasteiger charge is -2.14. The van der Waals surface area contributed by atoms with Crippen LogP contribution in [-0.2, 0) is 9.59 Å². The molecule has 1 aliphatic rings. The SMILES string of the molecule is O=C(CCCCCN1C(=O)/C(=C/c2cc(Br)cc(Br)c2O)SC1=S)Nc1ccc(Cl)cc1. The highest BCUT2D eigenvalue weighted by atomic mass is 79.9. The molecule has 2 aromatic carbocycles. The van der Waals surface area contributed by atoms with Crippen LogP contribution in [0, 0.1) is 0 Å². The molecule has 0 spiro atoms. The molecule has 2 aromatic rings. The molecule has 2 N–H and O–H groups in total. The molecule has 10 heteroatoms. The van der Waals surface area contributed by atoms with Crippen molar-refractivity contribution in [2.45, 2.75) is 25.7 Å². The number of thiocarbonyl (C=S) groups is 1. The highest BCUT2D eigenvalue weighted by Gasteiger charge is 2.31. The maximum absolute atomic E-state index is 12.8. The number of nitrogens with one attached hydrogen (secondary N) is 1. The van der Waals surface area contributed by atoms with Crippen LogP contribution in [0.3, 0.4) is 0 Å². The normalized spacial score (nSPS) is 15.0. The molecule has 0 aromatic heterocycles. The van der Waals surface area contributed by atoms with Crippen molar-refractivity contribution >= 4 is 95.3 Å². The van der Waals surface area contributed by atoms with Crippen LogP contribution in [0.15, 0.2) is 50.2 Å². The third-order valence-electron chi connectivity index (χ3n) is 4.63. The van der Waals surface area contributed by atoms with E-state index in [1.54, 1.807) is 47.4 Å². The fraction of sp³-hybridized carbons (Fsp3) is 0.227. The summed E-state index contributed by atoms with van der Waals surface area (Å²) in [7, 11) is 0. The summed E-state index contributed by atoms with van der Waals surface area (Å²) >= 11 is 19.1. The number of nitrogens with zero attached hydrogens (tertiary/aromatic N) is 1. The Balaban J connectivity index is 1.47. The summed E-state index contributed by atoms with van der Waals surface area (Å²) in [6, 6.07) is 10.4. The minimum absolute atomic E-state index is 0.0548. The lowest BCUT2D eigenvalue weighted by molar-refractivity contribution is -0.122. The number of amides is 2. The molecule has 0 saturated carbocycles. The van der Waals surface area contributed by atoms with E-state index in [-0.39, 0.29) is 17.6 Å². The third kappa shape index (κ3) is 6.81. The van der Waals surface area contributed by atoms with Gasteiger partial charge in [-0.25, -0.2) is 0 Å². The Bertz CT molecular complexity index is 1080. The summed E-state index contributed by atoms with van der Waals surface area (Å²) < 4.78 is 1.81. The number of hydrogen-bond donors (Lipinski definition) is 2. The van der Waals surface area contributed by atoms with Crippen LogP contribution in [0.2, 0.25) is 5.02 Å². The van der Waals surface area contributed by atoms with Gasteiger partial charge >= 0.3 is 0 Å². The van der Waals surface area contributed by atoms with Gasteiger partial charge in [-0.1, -0.05) is 57.9 Å². The number of phenolic OH excluding ortho intramolecular Hbond substituents is 1. The maximum Gasteiger partial charge on any atom is 0.266 e. The zero-order valence-corrected chi connectivity index (χ0v) is 22.3. The summed E-state index contributed by atoms with van der Waals surface area (Å²) in [4.78, 5) is 26.9. The number of carbonyl (C=O) groups is 2. The van der Waals surface area contributed by atoms with E-state index in [0.29, 0.717) is 49.4 Å². The highest BCUT2D eigenvalue weighted by molar-refractivity contribution is 9.11. The Morgan fingerprint density at radius 1 is 1.19 bits per heavy atom. The zero-order chi connectivity index (χ0) is 23.3. The quantitative estimate of drug-likeness (QED) is 0.190. The molecule has 0 bridgehead atoms. The summed E-state index contributed by atoms with van der Waals surface area (Å²) in [5, 5.41) is 13.7. The molecule has 2 amide bonds. The molecule has 0 unspecified atom stereocenters. The van der Waals surface area contributed by atoms with Crippen LogP contribution >= 0.6 is 67.4 Å². The first kappa shape index (κ1) is 25.2. The molecule has 0 radical (unpaired) electrons. The van der Waals surface area contributed by atoms with Gasteiger partial charge < -0.3 is 10.4 Å². The second kappa shape index (κ2) is 11.7. The fourth-order valence-electron chi connectivity index (χ4n) is 3.02. The van der Waals surface area contributed by atoms with Crippen LogP contribution in [0.5, 0.6) is 5.75 Å². The molecule has 0 atom stereocenters. The van der Waals surface area contributed by atoms with Gasteiger partial charge in [-0.15, -0.1) is 0 Å². The van der Waals surface area contributed by atoms with Gasteiger partial charge in [0.1, 0.15) is 10.1 Å². The van der Waals surface area contributed by atoms with E-state index in [0.717, 1.165) is 17.3 Å². The number of benzene rings is 2. The van der Waals surface area contributed by atoms with Crippen LogP contribution < -0.4 is 5.32 Å². The molecule has 1 aliphatic heterocycles. The number of anilines is 1. The number of carbonyl (C=O) groups excluding carboxylic acids is 2. The van der Waals surface area contributed by atoms with Gasteiger partial charge in [-0.05, 0) is 71.2 Å². The lowest BCUT2D eigenvalue weighted by atomic mass is 10.1. The first-order chi connectivity index (χ1) is 15.2. The molecule has 168 valence electrons. The standard InChI is InChI=1S/C22H19Br2ClN2O3S2/c23-14-10-13(20(29)17(24)12-14)11-18-21(30)27(22(31)32-18)9-3-1-2-4-19(28)26-16-7-5-15(25)6-8-16/h5-8,10-12,29H,1-4,9H2,(H,26,28)/b18-11-.